The molecule has 2 heterocycles. The number of aliphatic hydroxyl groups excluding tert-OH is 2. The normalized spacial score (nSPS) is 22.9. The Labute approximate surface area is 252 Å². The van der Waals surface area contributed by atoms with E-state index < -0.39 is 45.4 Å². The van der Waals surface area contributed by atoms with Crippen molar-refractivity contribution in [2.24, 2.45) is 5.92 Å². The van der Waals surface area contributed by atoms with E-state index in [1.54, 1.807) is 19.1 Å². The molecule has 13 heteroatoms. The van der Waals surface area contributed by atoms with Crippen LogP contribution in [0.25, 0.3) is 16.8 Å². The van der Waals surface area contributed by atoms with Gasteiger partial charge in [-0.25, -0.2) is 17.8 Å². The number of rotatable bonds is 13. The number of allylic oxidation sites excluding steroid dienone is 1. The first-order chi connectivity index (χ1) is 20.6. The summed E-state index contributed by atoms with van der Waals surface area (Å²) in [5.41, 5.74) is 2.03. The van der Waals surface area contributed by atoms with E-state index in [-0.39, 0.29) is 13.1 Å². The minimum Gasteiger partial charge on any atom is -0.390 e. The summed E-state index contributed by atoms with van der Waals surface area (Å²) < 4.78 is 40.8. The molecular formula is C30H40N6O6S. The maximum atomic E-state index is 13.0. The van der Waals surface area contributed by atoms with Crippen LogP contribution in [0.15, 0.2) is 47.5 Å². The third-order valence-electron chi connectivity index (χ3n) is 7.53. The Bertz CT molecular complexity index is 1560. The number of aliphatic hydroxyl groups is 2. The predicted octanol–water partition coefficient (Wildman–Crippen LogP) is 2.77. The van der Waals surface area contributed by atoms with Crippen molar-refractivity contribution in [2.45, 2.75) is 71.3 Å². The lowest BCUT2D eigenvalue weighted by atomic mass is 9.92. The molecule has 1 aromatic heterocycles. The Kier molecular flexibility index (Phi) is 10.9. The monoisotopic (exact) mass is 612 g/mol. The number of aromatic nitrogens is 3. The van der Waals surface area contributed by atoms with Crippen molar-refractivity contribution in [3.63, 3.8) is 0 Å². The maximum Gasteiger partial charge on any atom is 0.251 e. The van der Waals surface area contributed by atoms with Crippen molar-refractivity contribution in [1.29, 1.82) is 5.26 Å². The van der Waals surface area contributed by atoms with Crippen LogP contribution in [-0.4, -0.2) is 78.4 Å². The second-order valence-corrected chi connectivity index (χ2v) is 12.5. The van der Waals surface area contributed by atoms with E-state index >= 15 is 0 Å². The fourth-order valence-corrected chi connectivity index (χ4v) is 6.10. The molecule has 0 spiro atoms. The first-order valence-corrected chi connectivity index (χ1v) is 15.9. The molecule has 3 aromatic rings. The van der Waals surface area contributed by atoms with Crippen molar-refractivity contribution in [3.8, 4) is 6.07 Å². The molecule has 0 amide bonds. The molecule has 0 unspecified atom stereocenters. The van der Waals surface area contributed by atoms with E-state index in [0.717, 1.165) is 42.4 Å². The number of nitriles is 1. The first-order valence-electron chi connectivity index (χ1n) is 14.4. The van der Waals surface area contributed by atoms with Crippen molar-refractivity contribution >= 4 is 32.6 Å². The molecule has 232 valence electrons. The zero-order chi connectivity index (χ0) is 31.1. The molecule has 43 heavy (non-hydrogen) atoms. The van der Waals surface area contributed by atoms with E-state index in [0.29, 0.717) is 11.3 Å². The lowest BCUT2D eigenvalue weighted by Crippen LogP contribution is -2.55. The number of nitrogens with one attached hydrogen (secondary N) is 1. The zero-order valence-electron chi connectivity index (χ0n) is 24.9. The average Bonchev–Trinajstić information content (AvgIpc) is 3.46. The largest absolute Gasteiger partial charge is 0.390 e. The van der Waals surface area contributed by atoms with Gasteiger partial charge in [-0.15, -0.1) is 5.10 Å². The standard InChI is InChI=1S/C30H40N6O6S/c1-5-11-35(12-6-2)25-10-9-22-13-21(7-8-23(22)15-25)14-26(16-31)43(39,40)32-17-24-18-36(34-33-24)19-27-29(38)28(37)20(3)30(41-4)42-27/h7-10,13-15,18,20,27-30,32,37-38H,5-6,11-12,17,19H2,1-4H3/b26-14+/t20-,27-,28-,29-,30+/m1/s1. The van der Waals surface area contributed by atoms with Crippen LogP contribution in [0.4, 0.5) is 5.69 Å². The van der Waals surface area contributed by atoms with Gasteiger partial charge in [0.05, 0.1) is 24.9 Å². The maximum absolute atomic E-state index is 13.0. The summed E-state index contributed by atoms with van der Waals surface area (Å²) in [4.78, 5) is 1.92. The number of methoxy groups -OCH3 is 1. The molecule has 3 N–H and O–H groups in total. The Hall–Kier alpha value is -3.38. The molecule has 0 saturated carbocycles. The van der Waals surface area contributed by atoms with Gasteiger partial charge in [0.2, 0.25) is 0 Å². The molecule has 12 nitrogen and oxygen atoms in total. The third kappa shape index (κ3) is 7.77. The Morgan fingerprint density at radius 3 is 2.53 bits per heavy atom. The quantitative estimate of drug-likeness (QED) is 0.245. The fourth-order valence-electron chi connectivity index (χ4n) is 5.20. The van der Waals surface area contributed by atoms with Gasteiger partial charge >= 0.3 is 0 Å². The SMILES string of the molecule is CCCN(CCC)c1ccc2cc(/C=C(\C#N)S(=O)(=O)NCc3cn(C[C@H]4O[C@H](OC)[C@H](C)[C@@H](O)[C@@H]4O)nn3)ccc2c1. The van der Waals surface area contributed by atoms with Crippen LogP contribution in [0.3, 0.4) is 0 Å². The van der Waals surface area contributed by atoms with Gasteiger partial charge < -0.3 is 24.6 Å². The van der Waals surface area contributed by atoms with Crippen LogP contribution in [0.5, 0.6) is 0 Å². The molecule has 1 saturated heterocycles. The number of fused-ring (bicyclic) bond motifs is 1. The Morgan fingerprint density at radius 1 is 1.16 bits per heavy atom. The number of ether oxygens (including phenoxy) is 2. The van der Waals surface area contributed by atoms with Gasteiger partial charge in [-0.3, -0.25) is 0 Å². The van der Waals surface area contributed by atoms with Gasteiger partial charge in [-0.1, -0.05) is 44.2 Å². The molecule has 0 radical (unpaired) electrons. The fraction of sp³-hybridized carbons (Fsp3) is 0.500. The minimum absolute atomic E-state index is 0.0621. The van der Waals surface area contributed by atoms with Gasteiger partial charge in [-0.2, -0.15) is 5.26 Å². The lowest BCUT2D eigenvalue weighted by molar-refractivity contribution is -0.272. The van der Waals surface area contributed by atoms with Crippen molar-refractivity contribution in [3.05, 3.63) is 58.8 Å². The van der Waals surface area contributed by atoms with E-state index in [1.165, 1.54) is 24.1 Å². The number of benzene rings is 2. The highest BCUT2D eigenvalue weighted by Gasteiger charge is 2.42. The van der Waals surface area contributed by atoms with Crippen LogP contribution >= 0.6 is 0 Å². The summed E-state index contributed by atoms with van der Waals surface area (Å²) in [6.45, 7) is 7.84. The molecule has 2 aromatic carbocycles. The van der Waals surface area contributed by atoms with E-state index in [4.69, 9.17) is 9.47 Å². The van der Waals surface area contributed by atoms with Crippen molar-refractivity contribution in [1.82, 2.24) is 19.7 Å². The number of sulfonamides is 1. The van der Waals surface area contributed by atoms with Gasteiger partial charge in [-0.05, 0) is 53.5 Å². The summed E-state index contributed by atoms with van der Waals surface area (Å²) >= 11 is 0. The van der Waals surface area contributed by atoms with Crippen LogP contribution in [0.1, 0.15) is 44.9 Å². The Morgan fingerprint density at radius 2 is 1.86 bits per heavy atom. The molecule has 1 aliphatic heterocycles. The average molecular weight is 613 g/mol. The zero-order valence-corrected chi connectivity index (χ0v) is 25.7. The Balaban J connectivity index is 1.43. The molecule has 0 bridgehead atoms. The summed E-state index contributed by atoms with van der Waals surface area (Å²) in [6, 6.07) is 13.6. The minimum atomic E-state index is -4.15. The summed E-state index contributed by atoms with van der Waals surface area (Å²) in [5, 5.41) is 40.3. The van der Waals surface area contributed by atoms with Gasteiger partial charge in [0.15, 0.2) is 11.2 Å². The van der Waals surface area contributed by atoms with Crippen LogP contribution in [0, 0.1) is 17.2 Å². The molecule has 0 aliphatic carbocycles. The van der Waals surface area contributed by atoms with Gasteiger partial charge in [0.25, 0.3) is 10.0 Å². The molecule has 4 rings (SSSR count). The number of hydrogen-bond donors (Lipinski definition) is 3. The van der Waals surface area contributed by atoms with E-state index in [2.05, 4.69) is 45.9 Å². The summed E-state index contributed by atoms with van der Waals surface area (Å²) in [5.74, 6) is -0.422. The lowest BCUT2D eigenvalue weighted by Gasteiger charge is -2.40. The highest BCUT2D eigenvalue weighted by Crippen LogP contribution is 2.28. The van der Waals surface area contributed by atoms with Crippen LogP contribution in [-0.2, 0) is 32.6 Å². The topological polar surface area (TPSA) is 163 Å². The number of nitrogens with zero attached hydrogens (tertiary/aromatic N) is 5. The van der Waals surface area contributed by atoms with Gasteiger partial charge in [0.1, 0.15) is 18.3 Å². The molecule has 1 aliphatic rings. The predicted molar refractivity (Wildman–Crippen MR) is 163 cm³/mol. The molecule has 5 atom stereocenters. The van der Waals surface area contributed by atoms with E-state index in [9.17, 15) is 23.9 Å². The first kappa shape index (κ1) is 32.5. The second-order valence-electron chi connectivity index (χ2n) is 10.8. The van der Waals surface area contributed by atoms with Crippen LogP contribution < -0.4 is 9.62 Å². The third-order valence-corrected chi connectivity index (χ3v) is 8.85. The highest BCUT2D eigenvalue weighted by molar-refractivity contribution is 7.93. The number of hydrogen-bond acceptors (Lipinski definition) is 10. The van der Waals surface area contributed by atoms with Crippen LogP contribution in [0.2, 0.25) is 0 Å². The number of anilines is 1. The van der Waals surface area contributed by atoms with Crippen molar-refractivity contribution < 1.29 is 28.1 Å². The summed E-state index contributed by atoms with van der Waals surface area (Å²) in [6.07, 6.45) is 1.24. The second kappa shape index (κ2) is 14.4. The highest BCUT2D eigenvalue weighted by atomic mass is 32.2. The smallest absolute Gasteiger partial charge is 0.251 e. The molecule has 1 fully saturated rings. The van der Waals surface area contributed by atoms with Gasteiger partial charge in [0, 0.05) is 38.0 Å². The van der Waals surface area contributed by atoms with E-state index in [1.807, 2.05) is 18.2 Å². The molecular weight excluding hydrogens is 572 g/mol. The van der Waals surface area contributed by atoms with Crippen molar-refractivity contribution in [2.75, 3.05) is 25.1 Å². The summed E-state index contributed by atoms with van der Waals surface area (Å²) in [7, 11) is -2.70.